The van der Waals surface area contributed by atoms with E-state index >= 15 is 4.39 Å². The van der Waals surface area contributed by atoms with E-state index in [0.29, 0.717) is 24.8 Å². The number of allylic oxidation sites excluding steroid dienone is 4. The van der Waals surface area contributed by atoms with Crippen LogP contribution in [0.2, 0.25) is 0 Å². The maximum absolute atomic E-state index is 16.9. The lowest BCUT2D eigenvalue weighted by atomic mass is 9.44. The summed E-state index contributed by atoms with van der Waals surface area (Å²) in [5, 5.41) is 32.0. The van der Waals surface area contributed by atoms with E-state index in [4.69, 9.17) is 0 Å². The molecule has 0 saturated heterocycles. The lowest BCUT2D eigenvalue weighted by Gasteiger charge is -2.62. The molecule has 0 aliphatic heterocycles. The summed E-state index contributed by atoms with van der Waals surface area (Å²) in [6.07, 6.45) is 4.44. The highest BCUT2D eigenvalue weighted by Crippen LogP contribution is 2.70. The minimum Gasteiger partial charge on any atom is -0.390 e. The largest absolute Gasteiger partial charge is 0.390 e. The third kappa shape index (κ3) is 2.01. The van der Waals surface area contributed by atoms with Gasteiger partial charge in [0.05, 0.1) is 6.10 Å². The lowest BCUT2D eigenvalue weighted by molar-refractivity contribution is -0.219. The van der Waals surface area contributed by atoms with Gasteiger partial charge in [-0.05, 0) is 56.6 Å². The van der Waals surface area contributed by atoms with Gasteiger partial charge in [-0.3, -0.25) is 9.59 Å². The Morgan fingerprint density at radius 2 is 2.00 bits per heavy atom. The highest BCUT2D eigenvalue weighted by molar-refractivity contribution is 6.01. The van der Waals surface area contributed by atoms with E-state index in [9.17, 15) is 24.9 Å². The van der Waals surface area contributed by atoms with Crippen molar-refractivity contribution in [2.75, 3.05) is 6.61 Å². The zero-order valence-corrected chi connectivity index (χ0v) is 16.6. The van der Waals surface area contributed by atoms with Crippen molar-refractivity contribution in [2.24, 2.45) is 28.6 Å². The quantitative estimate of drug-likeness (QED) is 0.667. The van der Waals surface area contributed by atoms with E-state index in [1.54, 1.807) is 26.8 Å². The molecule has 4 aliphatic carbocycles. The fraction of sp³-hybridized carbons (Fsp3) is 0.727. The third-order valence-electron chi connectivity index (χ3n) is 8.79. The summed E-state index contributed by atoms with van der Waals surface area (Å²) in [4.78, 5) is 24.4. The third-order valence-corrected chi connectivity index (χ3v) is 8.79. The maximum Gasteiger partial charge on any atom is 0.190 e. The molecule has 0 bridgehead atoms. The zero-order valence-electron chi connectivity index (χ0n) is 16.6. The Hall–Kier alpha value is -1.37. The molecule has 8 atom stereocenters. The molecular formula is C22H29FO5. The first-order chi connectivity index (χ1) is 13.0. The number of fused-ring (bicyclic) bond motifs is 5. The normalized spacial score (nSPS) is 52.5. The molecule has 3 N–H and O–H groups in total. The minimum absolute atomic E-state index is 0.0676. The molecule has 5 nitrogen and oxygen atoms in total. The van der Waals surface area contributed by atoms with Crippen LogP contribution >= 0.6 is 0 Å². The molecule has 0 aromatic heterocycles. The highest BCUT2D eigenvalue weighted by Gasteiger charge is 2.75. The number of hydrogen-bond donors (Lipinski definition) is 3. The van der Waals surface area contributed by atoms with Gasteiger partial charge in [-0.1, -0.05) is 25.5 Å². The molecule has 3 saturated carbocycles. The number of aliphatic hydroxyl groups excluding tert-OH is 2. The molecule has 0 heterocycles. The first-order valence-electron chi connectivity index (χ1n) is 10.1. The number of alkyl halides is 1. The maximum atomic E-state index is 16.9. The summed E-state index contributed by atoms with van der Waals surface area (Å²) in [5.74, 6) is -2.12. The number of halogens is 1. The van der Waals surface area contributed by atoms with Crippen molar-refractivity contribution in [3.8, 4) is 0 Å². The number of ketones is 2. The van der Waals surface area contributed by atoms with Crippen molar-refractivity contribution in [3.05, 3.63) is 23.8 Å². The van der Waals surface area contributed by atoms with Crippen LogP contribution in [0.3, 0.4) is 0 Å². The fourth-order valence-corrected chi connectivity index (χ4v) is 7.26. The average molecular weight is 392 g/mol. The number of rotatable bonds is 2. The monoisotopic (exact) mass is 392 g/mol. The van der Waals surface area contributed by atoms with Crippen LogP contribution in [0, 0.1) is 28.6 Å². The molecule has 0 aromatic carbocycles. The predicted octanol–water partition coefficient (Wildman–Crippen LogP) is 1.90. The zero-order chi connectivity index (χ0) is 20.7. The van der Waals surface area contributed by atoms with Crippen LogP contribution in [0.4, 0.5) is 4.39 Å². The van der Waals surface area contributed by atoms with Crippen LogP contribution < -0.4 is 0 Å². The molecule has 28 heavy (non-hydrogen) atoms. The molecule has 6 heteroatoms. The van der Waals surface area contributed by atoms with Gasteiger partial charge in [0.2, 0.25) is 0 Å². The van der Waals surface area contributed by atoms with E-state index < -0.39 is 52.4 Å². The van der Waals surface area contributed by atoms with Gasteiger partial charge in [-0.25, -0.2) is 4.39 Å². The second-order valence-corrected chi connectivity index (χ2v) is 9.75. The molecule has 1 unspecified atom stereocenters. The molecule has 154 valence electrons. The standard InChI is InChI=1S/C22H29FO5/c1-12-8-16-15-5-4-13-9-14(25)6-7-19(13,2)21(15,23)17(26)10-20(16,3)22(12,28)18(27)11-24/h6-7,9,12,15-17,24,26,28H,4-5,8,10-11H2,1-3H3/t12-,15+,16+,17?,19+,20+,21+,22+/m1/s1. The van der Waals surface area contributed by atoms with Crippen LogP contribution in [-0.2, 0) is 9.59 Å². The molecule has 0 amide bonds. The summed E-state index contributed by atoms with van der Waals surface area (Å²) in [6.45, 7) is 4.48. The Bertz CT molecular complexity index is 805. The van der Waals surface area contributed by atoms with E-state index in [2.05, 4.69) is 0 Å². The summed E-state index contributed by atoms with van der Waals surface area (Å²) >= 11 is 0. The molecule has 3 fully saturated rings. The average Bonchev–Trinajstić information content (AvgIpc) is 2.84. The number of hydrogen-bond acceptors (Lipinski definition) is 5. The Morgan fingerprint density at radius 3 is 2.64 bits per heavy atom. The van der Waals surface area contributed by atoms with E-state index in [0.717, 1.165) is 0 Å². The van der Waals surface area contributed by atoms with Gasteiger partial charge >= 0.3 is 0 Å². The fourth-order valence-electron chi connectivity index (χ4n) is 7.26. The van der Waals surface area contributed by atoms with Crippen LogP contribution in [0.25, 0.3) is 0 Å². The molecule has 4 aliphatic rings. The smallest absolute Gasteiger partial charge is 0.190 e. The Morgan fingerprint density at radius 1 is 1.32 bits per heavy atom. The summed E-state index contributed by atoms with van der Waals surface area (Å²) in [5.41, 5.74) is -5.17. The van der Waals surface area contributed by atoms with Gasteiger partial charge in [0, 0.05) is 16.7 Å². The van der Waals surface area contributed by atoms with E-state index in [1.165, 1.54) is 12.2 Å². The minimum atomic E-state index is -1.98. The van der Waals surface area contributed by atoms with Gasteiger partial charge in [0.25, 0.3) is 0 Å². The predicted molar refractivity (Wildman–Crippen MR) is 99.9 cm³/mol. The highest BCUT2D eigenvalue weighted by atomic mass is 19.1. The summed E-state index contributed by atoms with van der Waals surface area (Å²) in [6, 6.07) is 0. The van der Waals surface area contributed by atoms with Crippen molar-refractivity contribution in [1.82, 2.24) is 0 Å². The Labute approximate surface area is 164 Å². The Balaban J connectivity index is 1.84. The van der Waals surface area contributed by atoms with Crippen LogP contribution in [0.5, 0.6) is 0 Å². The Kier molecular flexibility index (Phi) is 4.15. The van der Waals surface area contributed by atoms with Gasteiger partial charge in [-0.15, -0.1) is 0 Å². The second kappa shape index (κ2) is 5.83. The van der Waals surface area contributed by atoms with E-state index in [-0.39, 0.29) is 18.1 Å². The van der Waals surface area contributed by atoms with Crippen molar-refractivity contribution in [1.29, 1.82) is 0 Å². The van der Waals surface area contributed by atoms with Crippen molar-refractivity contribution in [2.45, 2.75) is 63.8 Å². The van der Waals surface area contributed by atoms with Crippen LogP contribution in [0.15, 0.2) is 23.8 Å². The lowest BCUT2D eigenvalue weighted by Crippen LogP contribution is -2.69. The number of carbonyl (C=O) groups is 2. The van der Waals surface area contributed by atoms with Gasteiger partial charge < -0.3 is 15.3 Å². The molecule has 0 radical (unpaired) electrons. The first-order valence-corrected chi connectivity index (χ1v) is 10.1. The molecular weight excluding hydrogens is 363 g/mol. The van der Waals surface area contributed by atoms with E-state index in [1.807, 2.05) is 0 Å². The van der Waals surface area contributed by atoms with Gasteiger partial charge in [-0.2, -0.15) is 0 Å². The molecule has 0 aromatic rings. The van der Waals surface area contributed by atoms with Crippen molar-refractivity contribution in [3.63, 3.8) is 0 Å². The molecule has 0 spiro atoms. The number of carbonyl (C=O) groups excluding carboxylic acids is 2. The number of aliphatic hydroxyl groups is 3. The van der Waals surface area contributed by atoms with Crippen molar-refractivity contribution < 1.29 is 29.3 Å². The summed E-state index contributed by atoms with van der Waals surface area (Å²) in [7, 11) is 0. The van der Waals surface area contributed by atoms with Gasteiger partial charge in [0.15, 0.2) is 17.2 Å². The first kappa shape index (κ1) is 19.9. The second-order valence-electron chi connectivity index (χ2n) is 9.75. The SMILES string of the molecule is C[C@@H]1C[C@H]2[C@@H]3CCC4=CC(=O)C=C[C@]4(C)[C@@]3(F)C(O)C[C@]2(C)[C@@]1(O)C(=O)CO. The summed E-state index contributed by atoms with van der Waals surface area (Å²) < 4.78 is 16.9. The number of Topliss-reactive ketones (excluding diaryl/α,β-unsaturated/α-hetero) is 1. The van der Waals surface area contributed by atoms with Crippen LogP contribution in [-0.4, -0.2) is 50.9 Å². The van der Waals surface area contributed by atoms with Crippen LogP contribution in [0.1, 0.15) is 46.5 Å². The van der Waals surface area contributed by atoms with Gasteiger partial charge in [0.1, 0.15) is 12.2 Å². The van der Waals surface area contributed by atoms with Crippen molar-refractivity contribution >= 4 is 11.6 Å². The molecule has 4 rings (SSSR count). The topological polar surface area (TPSA) is 94.8 Å².